The Bertz CT molecular complexity index is 1200. The maximum atomic E-state index is 14.3. The average molecular weight is 546 g/mol. The summed E-state index contributed by atoms with van der Waals surface area (Å²) < 4.78 is 30.6. The van der Waals surface area contributed by atoms with Crippen LogP contribution < -0.4 is 5.32 Å². The van der Waals surface area contributed by atoms with E-state index in [2.05, 4.69) is 11.9 Å². The predicted octanol–water partition coefficient (Wildman–Crippen LogP) is 6.37. The van der Waals surface area contributed by atoms with Crippen molar-refractivity contribution in [2.75, 3.05) is 0 Å². The van der Waals surface area contributed by atoms with Crippen molar-refractivity contribution in [2.24, 2.45) is 5.41 Å². The van der Waals surface area contributed by atoms with Gasteiger partial charge in [0.05, 0.1) is 0 Å². The van der Waals surface area contributed by atoms with Crippen molar-refractivity contribution in [3.8, 4) is 11.1 Å². The Morgan fingerprint density at radius 3 is 2.29 bits per heavy atom. The van der Waals surface area contributed by atoms with Crippen LogP contribution in [0, 0.1) is 11.2 Å². The first-order valence-electron chi connectivity index (χ1n) is 12.3. The molecule has 0 spiro atoms. The van der Waals surface area contributed by atoms with Gasteiger partial charge in [-0.1, -0.05) is 41.9 Å². The fraction of sp³-hybridized carbons (Fsp3) is 0.414. The molecule has 0 aliphatic carbocycles. The highest BCUT2D eigenvalue weighted by molar-refractivity contribution is 6.30. The number of rotatable bonds is 8. The van der Waals surface area contributed by atoms with Gasteiger partial charge in [-0.05, 0) is 69.4 Å². The average Bonchev–Trinajstić information content (AvgIpc) is 2.78. The molecule has 0 unspecified atom stereocenters. The van der Waals surface area contributed by atoms with Crippen LogP contribution in [0.25, 0.3) is 11.1 Å². The molecule has 204 valence electrons. The van der Waals surface area contributed by atoms with Gasteiger partial charge in [0.1, 0.15) is 11.4 Å². The molecular weight excluding hydrogens is 513 g/mol. The number of nitrogens with one attached hydrogen (secondary N) is 1. The molecule has 0 saturated carbocycles. The van der Waals surface area contributed by atoms with Gasteiger partial charge in [-0.2, -0.15) is 0 Å². The first-order chi connectivity index (χ1) is 17.6. The van der Waals surface area contributed by atoms with Crippen molar-refractivity contribution in [1.29, 1.82) is 0 Å². The number of hydrogen-bond acceptors (Lipinski definition) is 6. The fourth-order valence-corrected chi connectivity index (χ4v) is 4.47. The molecule has 0 aromatic heterocycles. The van der Waals surface area contributed by atoms with E-state index in [-0.39, 0.29) is 19.3 Å². The van der Waals surface area contributed by atoms with E-state index in [0.29, 0.717) is 16.1 Å². The van der Waals surface area contributed by atoms with Crippen LogP contribution >= 0.6 is 11.6 Å². The first-order valence-corrected chi connectivity index (χ1v) is 12.6. The Morgan fingerprint density at radius 2 is 1.74 bits per heavy atom. The molecule has 0 bridgehead atoms. The van der Waals surface area contributed by atoms with Crippen LogP contribution in [0.1, 0.15) is 53.0 Å². The highest BCUT2D eigenvalue weighted by Gasteiger charge is 2.56. The summed E-state index contributed by atoms with van der Waals surface area (Å²) in [6.45, 7) is 11.8. The number of cyclic esters (lactones) is 2. The molecule has 2 aromatic rings. The summed E-state index contributed by atoms with van der Waals surface area (Å²) in [5.41, 5.74) is -0.712. The van der Waals surface area contributed by atoms with Crippen molar-refractivity contribution < 1.29 is 33.0 Å². The monoisotopic (exact) mass is 545 g/mol. The second-order valence-corrected chi connectivity index (χ2v) is 11.3. The van der Waals surface area contributed by atoms with Crippen LogP contribution in [0.3, 0.4) is 0 Å². The van der Waals surface area contributed by atoms with Crippen molar-refractivity contribution in [3.05, 3.63) is 71.5 Å². The molecule has 1 fully saturated rings. The molecule has 3 rings (SSSR count). The van der Waals surface area contributed by atoms with Crippen molar-refractivity contribution in [3.63, 3.8) is 0 Å². The zero-order chi connectivity index (χ0) is 28.3. The minimum absolute atomic E-state index is 0.0414. The van der Waals surface area contributed by atoms with Crippen molar-refractivity contribution in [1.82, 2.24) is 5.32 Å². The maximum Gasteiger partial charge on any atom is 0.407 e. The van der Waals surface area contributed by atoms with E-state index in [0.717, 1.165) is 5.56 Å². The van der Waals surface area contributed by atoms with E-state index in [1.165, 1.54) is 32.1 Å². The molecule has 1 saturated heterocycles. The van der Waals surface area contributed by atoms with Crippen LogP contribution in [0.4, 0.5) is 9.18 Å². The number of benzene rings is 2. The molecule has 1 N–H and O–H groups in total. The molecule has 38 heavy (non-hydrogen) atoms. The van der Waals surface area contributed by atoms with Gasteiger partial charge in [0.25, 0.3) is 5.79 Å². The second-order valence-electron chi connectivity index (χ2n) is 10.8. The summed E-state index contributed by atoms with van der Waals surface area (Å²) >= 11 is 6.03. The molecule has 1 aliphatic rings. The van der Waals surface area contributed by atoms with E-state index in [1.54, 1.807) is 51.1 Å². The lowest BCUT2D eigenvalue weighted by molar-refractivity contribution is -0.251. The summed E-state index contributed by atoms with van der Waals surface area (Å²) in [7, 11) is 0. The molecule has 1 amide bonds. The van der Waals surface area contributed by atoms with E-state index < -0.39 is 46.7 Å². The number of allylic oxidation sites excluding steroid dienone is 1. The van der Waals surface area contributed by atoms with E-state index in [4.69, 9.17) is 25.8 Å². The molecule has 7 nitrogen and oxygen atoms in total. The number of esters is 2. The Balaban J connectivity index is 1.91. The van der Waals surface area contributed by atoms with Crippen LogP contribution in [-0.2, 0) is 30.2 Å². The third-order valence-corrected chi connectivity index (χ3v) is 6.18. The lowest BCUT2D eigenvalue weighted by Gasteiger charge is -2.41. The number of alkyl carbamates (subject to hydrolysis) is 1. The summed E-state index contributed by atoms with van der Waals surface area (Å²) in [4.78, 5) is 39.0. The maximum absolute atomic E-state index is 14.3. The largest absolute Gasteiger partial charge is 0.444 e. The highest BCUT2D eigenvalue weighted by atomic mass is 35.5. The number of carbonyl (C=O) groups is 3. The summed E-state index contributed by atoms with van der Waals surface area (Å²) in [5, 5.41) is 3.20. The summed E-state index contributed by atoms with van der Waals surface area (Å²) in [6, 6.07) is 10.6. The quantitative estimate of drug-likeness (QED) is 0.235. The Morgan fingerprint density at radius 1 is 1.13 bits per heavy atom. The number of carbonyl (C=O) groups excluding carboxylic acids is 3. The van der Waals surface area contributed by atoms with Crippen LogP contribution in [0.15, 0.2) is 55.1 Å². The molecule has 1 aliphatic heterocycles. The predicted molar refractivity (Wildman–Crippen MR) is 142 cm³/mol. The van der Waals surface area contributed by atoms with Gasteiger partial charge in [0.15, 0.2) is 5.41 Å². The number of amides is 1. The molecule has 1 heterocycles. The highest BCUT2D eigenvalue weighted by Crippen LogP contribution is 2.40. The van der Waals surface area contributed by atoms with Gasteiger partial charge >= 0.3 is 18.0 Å². The minimum atomic E-state index is -1.69. The molecular formula is C29H33ClFNO6. The molecule has 0 radical (unpaired) electrons. The van der Waals surface area contributed by atoms with Gasteiger partial charge in [0.2, 0.25) is 0 Å². The lowest BCUT2D eigenvalue weighted by atomic mass is 9.76. The lowest BCUT2D eigenvalue weighted by Crippen LogP contribution is -2.56. The number of ether oxygens (including phenoxy) is 3. The fourth-order valence-electron chi connectivity index (χ4n) is 4.30. The smallest absolute Gasteiger partial charge is 0.407 e. The zero-order valence-corrected chi connectivity index (χ0v) is 23.0. The number of hydrogen-bond donors (Lipinski definition) is 1. The van der Waals surface area contributed by atoms with Gasteiger partial charge in [-0.25, -0.2) is 9.18 Å². The number of halogens is 2. The third-order valence-electron chi connectivity index (χ3n) is 5.94. The topological polar surface area (TPSA) is 90.9 Å². The third kappa shape index (κ3) is 7.13. The first kappa shape index (κ1) is 29.2. The molecule has 1 atom stereocenters. The van der Waals surface area contributed by atoms with Gasteiger partial charge in [0, 0.05) is 30.5 Å². The van der Waals surface area contributed by atoms with Gasteiger partial charge in [-0.15, -0.1) is 6.58 Å². The van der Waals surface area contributed by atoms with E-state index in [1.807, 2.05) is 0 Å². The van der Waals surface area contributed by atoms with Crippen LogP contribution in [0.2, 0.25) is 5.02 Å². The van der Waals surface area contributed by atoms with E-state index in [9.17, 15) is 18.8 Å². The molecule has 9 heteroatoms. The Kier molecular flexibility index (Phi) is 8.56. The SMILES string of the molecule is C=CCC1(C[C@H](Cc2ccc(-c3cc(Cl)ccc3F)cc2)NC(=O)OC(C)(C)C)C(=O)OC(C)(C)OC1=O. The van der Waals surface area contributed by atoms with Crippen molar-refractivity contribution in [2.45, 2.75) is 71.3 Å². The van der Waals surface area contributed by atoms with Crippen LogP contribution in [0.5, 0.6) is 0 Å². The van der Waals surface area contributed by atoms with Gasteiger partial charge < -0.3 is 19.5 Å². The Hall–Kier alpha value is -3.39. The minimum Gasteiger partial charge on any atom is -0.444 e. The zero-order valence-electron chi connectivity index (χ0n) is 22.2. The Labute approximate surface area is 227 Å². The van der Waals surface area contributed by atoms with Gasteiger partial charge in [-0.3, -0.25) is 9.59 Å². The normalized spacial score (nSPS) is 17.1. The summed E-state index contributed by atoms with van der Waals surface area (Å²) in [6.07, 6.45) is 0.823. The van der Waals surface area contributed by atoms with Crippen molar-refractivity contribution >= 4 is 29.6 Å². The standard InChI is InChI=1S/C29H33ClFNO6/c1-7-14-29(24(33)36-28(5,6)37-25(29)34)17-21(32-26(35)38-27(2,3)4)15-18-8-10-19(11-9-18)22-16-20(30)12-13-23(22)31/h7-13,16,21H,1,14-15,17H2,2-6H3,(H,32,35)/t21-/m0/s1. The second kappa shape index (κ2) is 11.2. The summed E-state index contributed by atoms with van der Waals surface area (Å²) in [5.74, 6) is -3.31. The van der Waals surface area contributed by atoms with E-state index >= 15 is 0 Å². The molecule has 2 aromatic carbocycles. The van der Waals surface area contributed by atoms with Crippen LogP contribution in [-0.4, -0.2) is 35.5 Å².